The van der Waals surface area contributed by atoms with Crippen LogP contribution in [0.3, 0.4) is 0 Å². The minimum atomic E-state index is -0.682. The highest BCUT2D eigenvalue weighted by atomic mass is 16.7. The number of amides is 1. The summed E-state index contributed by atoms with van der Waals surface area (Å²) in [6.07, 6.45) is 0.432. The topological polar surface area (TPSA) is 65.1 Å². The van der Waals surface area contributed by atoms with Crippen molar-refractivity contribution in [3.63, 3.8) is 0 Å². The minimum Gasteiger partial charge on any atom is -0.467 e. The number of nitrogens with zero attached hydrogens (tertiary/aromatic N) is 1. The first-order chi connectivity index (χ1) is 11.7. The van der Waals surface area contributed by atoms with Crippen LogP contribution in [0, 0.1) is 0 Å². The zero-order valence-corrected chi connectivity index (χ0v) is 13.0. The summed E-state index contributed by atoms with van der Waals surface area (Å²) in [4.78, 5) is 26.9. The summed E-state index contributed by atoms with van der Waals surface area (Å²) in [6.45, 7) is 0.0800. The summed E-state index contributed by atoms with van der Waals surface area (Å²) in [7, 11) is 1.32. The highest BCUT2D eigenvalue weighted by Gasteiger charge is 2.40. The lowest BCUT2D eigenvalue weighted by atomic mass is 10.1. The number of methoxy groups -OCH3 is 1. The summed E-state index contributed by atoms with van der Waals surface area (Å²) < 4.78 is 15.7. The molecule has 0 saturated carbocycles. The van der Waals surface area contributed by atoms with E-state index in [0.717, 1.165) is 11.3 Å². The van der Waals surface area contributed by atoms with Gasteiger partial charge in [0.25, 0.3) is 5.91 Å². The predicted molar refractivity (Wildman–Crippen MR) is 85.3 cm³/mol. The Balaban J connectivity index is 1.79. The number of para-hydroxylation sites is 2. The van der Waals surface area contributed by atoms with Crippen LogP contribution in [0.4, 0.5) is 5.69 Å². The molecular formula is C18H15NO5. The van der Waals surface area contributed by atoms with Gasteiger partial charge in [-0.05, 0) is 23.8 Å². The Morgan fingerprint density at radius 3 is 2.79 bits per heavy atom. The highest BCUT2D eigenvalue weighted by molar-refractivity contribution is 6.12. The first kappa shape index (κ1) is 14.6. The predicted octanol–water partition coefficient (Wildman–Crippen LogP) is 2.16. The molecule has 24 heavy (non-hydrogen) atoms. The number of esters is 1. The van der Waals surface area contributed by atoms with Crippen LogP contribution in [0.5, 0.6) is 11.5 Å². The summed E-state index contributed by atoms with van der Waals surface area (Å²) in [6, 6.07) is 11.9. The third kappa shape index (κ3) is 2.11. The third-order valence-corrected chi connectivity index (χ3v) is 4.30. The molecule has 0 aromatic heterocycles. The number of anilines is 1. The molecular weight excluding hydrogens is 310 g/mol. The van der Waals surface area contributed by atoms with Crippen molar-refractivity contribution in [2.75, 3.05) is 18.8 Å². The molecule has 0 N–H and O–H groups in total. The molecule has 0 unspecified atom stereocenters. The molecule has 0 aliphatic carbocycles. The van der Waals surface area contributed by atoms with E-state index in [2.05, 4.69) is 0 Å². The molecule has 0 saturated heterocycles. The van der Waals surface area contributed by atoms with Gasteiger partial charge in [-0.3, -0.25) is 9.69 Å². The second kappa shape index (κ2) is 5.56. The molecule has 2 aliphatic heterocycles. The Hall–Kier alpha value is -3.02. The zero-order valence-electron chi connectivity index (χ0n) is 13.0. The first-order valence-corrected chi connectivity index (χ1v) is 7.58. The average molecular weight is 325 g/mol. The lowest BCUT2D eigenvalue weighted by Gasteiger charge is -2.24. The van der Waals surface area contributed by atoms with E-state index in [1.165, 1.54) is 12.0 Å². The number of hydrogen-bond donors (Lipinski definition) is 0. The van der Waals surface area contributed by atoms with Crippen LogP contribution in [0.15, 0.2) is 42.5 Å². The van der Waals surface area contributed by atoms with E-state index in [0.29, 0.717) is 23.5 Å². The van der Waals surface area contributed by atoms with Gasteiger partial charge in [0.1, 0.15) is 6.04 Å². The third-order valence-electron chi connectivity index (χ3n) is 4.30. The van der Waals surface area contributed by atoms with Gasteiger partial charge in [0.15, 0.2) is 11.5 Å². The molecule has 2 heterocycles. The van der Waals surface area contributed by atoms with Crippen LogP contribution in [0.1, 0.15) is 15.9 Å². The van der Waals surface area contributed by atoms with Gasteiger partial charge in [-0.25, -0.2) is 4.79 Å². The van der Waals surface area contributed by atoms with Crippen molar-refractivity contribution in [3.05, 3.63) is 53.6 Å². The summed E-state index contributed by atoms with van der Waals surface area (Å²) in [5.41, 5.74) is 2.02. The Morgan fingerprint density at radius 1 is 1.12 bits per heavy atom. The van der Waals surface area contributed by atoms with Crippen molar-refractivity contribution in [2.45, 2.75) is 12.5 Å². The van der Waals surface area contributed by atoms with Gasteiger partial charge in [-0.2, -0.15) is 0 Å². The zero-order chi connectivity index (χ0) is 16.7. The summed E-state index contributed by atoms with van der Waals surface area (Å²) >= 11 is 0. The van der Waals surface area contributed by atoms with Crippen molar-refractivity contribution in [3.8, 4) is 11.5 Å². The Labute approximate surface area is 138 Å². The first-order valence-electron chi connectivity index (χ1n) is 7.58. The van der Waals surface area contributed by atoms with Crippen molar-refractivity contribution in [2.24, 2.45) is 0 Å². The maximum absolute atomic E-state index is 13.2. The lowest BCUT2D eigenvalue weighted by molar-refractivity contribution is -0.141. The van der Waals surface area contributed by atoms with Gasteiger partial charge in [0, 0.05) is 12.1 Å². The van der Waals surface area contributed by atoms with Gasteiger partial charge < -0.3 is 14.2 Å². The maximum atomic E-state index is 13.2. The van der Waals surface area contributed by atoms with Crippen LogP contribution in [-0.4, -0.2) is 31.8 Å². The molecule has 6 heteroatoms. The van der Waals surface area contributed by atoms with E-state index < -0.39 is 12.0 Å². The molecule has 1 amide bonds. The Morgan fingerprint density at radius 2 is 1.96 bits per heavy atom. The van der Waals surface area contributed by atoms with Gasteiger partial charge in [0.2, 0.25) is 6.79 Å². The molecule has 6 nitrogen and oxygen atoms in total. The Bertz CT molecular complexity index is 832. The highest BCUT2D eigenvalue weighted by Crippen LogP contribution is 2.39. The van der Waals surface area contributed by atoms with Crippen LogP contribution in [0.2, 0.25) is 0 Å². The number of benzene rings is 2. The minimum absolute atomic E-state index is 0.0800. The van der Waals surface area contributed by atoms with Gasteiger partial charge in [-0.1, -0.05) is 24.3 Å². The van der Waals surface area contributed by atoms with Crippen LogP contribution < -0.4 is 14.4 Å². The number of ether oxygens (including phenoxy) is 3. The fourth-order valence-electron chi connectivity index (χ4n) is 3.19. The molecule has 0 bridgehead atoms. The lowest BCUT2D eigenvalue weighted by Crippen LogP contribution is -2.43. The maximum Gasteiger partial charge on any atom is 0.329 e. The molecule has 0 fully saturated rings. The van der Waals surface area contributed by atoms with Crippen molar-refractivity contribution >= 4 is 17.6 Å². The van der Waals surface area contributed by atoms with E-state index in [-0.39, 0.29) is 12.7 Å². The molecule has 2 aliphatic rings. The van der Waals surface area contributed by atoms with Crippen LogP contribution in [0.25, 0.3) is 0 Å². The summed E-state index contributed by atoms with van der Waals surface area (Å²) in [5, 5.41) is 0. The molecule has 2 aromatic carbocycles. The fraction of sp³-hybridized carbons (Fsp3) is 0.222. The van der Waals surface area contributed by atoms with E-state index in [1.54, 1.807) is 18.2 Å². The molecule has 4 rings (SSSR count). The van der Waals surface area contributed by atoms with E-state index in [1.807, 2.05) is 24.3 Å². The number of fused-ring (bicyclic) bond motifs is 2. The number of rotatable bonds is 2. The SMILES string of the molecule is COC(=O)[C@@H]1Cc2ccccc2N1C(=O)c1cccc2c1OCO2. The standard InChI is InChI=1S/C18H15NO5/c1-22-18(21)14-9-11-5-2-3-7-13(11)19(14)17(20)12-6-4-8-15-16(12)24-10-23-15/h2-8,14H,9-10H2,1H3/t14-/m0/s1. The Kier molecular flexibility index (Phi) is 3.37. The van der Waals surface area contributed by atoms with Gasteiger partial charge >= 0.3 is 5.97 Å². The normalized spacial score (nSPS) is 17.5. The monoisotopic (exact) mass is 325 g/mol. The molecule has 122 valence electrons. The number of hydrogen-bond acceptors (Lipinski definition) is 5. The molecule has 2 aromatic rings. The molecule has 0 radical (unpaired) electrons. The second-order valence-electron chi connectivity index (χ2n) is 5.59. The summed E-state index contributed by atoms with van der Waals surface area (Å²) in [5.74, 6) is 0.195. The smallest absolute Gasteiger partial charge is 0.329 e. The van der Waals surface area contributed by atoms with Gasteiger partial charge in [0.05, 0.1) is 12.7 Å². The van der Waals surface area contributed by atoms with Crippen LogP contribution >= 0.6 is 0 Å². The van der Waals surface area contributed by atoms with Crippen LogP contribution in [-0.2, 0) is 16.0 Å². The van der Waals surface area contributed by atoms with Crippen molar-refractivity contribution in [1.29, 1.82) is 0 Å². The fourth-order valence-corrected chi connectivity index (χ4v) is 3.19. The largest absolute Gasteiger partial charge is 0.467 e. The van der Waals surface area contributed by atoms with E-state index in [9.17, 15) is 9.59 Å². The van der Waals surface area contributed by atoms with E-state index >= 15 is 0 Å². The quantitative estimate of drug-likeness (QED) is 0.792. The van der Waals surface area contributed by atoms with Crippen molar-refractivity contribution in [1.82, 2.24) is 0 Å². The van der Waals surface area contributed by atoms with E-state index in [4.69, 9.17) is 14.2 Å². The number of carbonyl (C=O) groups excluding carboxylic acids is 2. The second-order valence-corrected chi connectivity index (χ2v) is 5.59. The molecule has 1 atom stereocenters. The van der Waals surface area contributed by atoms with Gasteiger partial charge in [-0.15, -0.1) is 0 Å². The van der Waals surface area contributed by atoms with Crippen molar-refractivity contribution < 1.29 is 23.8 Å². The average Bonchev–Trinajstić information content (AvgIpc) is 3.24. The number of carbonyl (C=O) groups is 2. The molecule has 0 spiro atoms.